The molecule has 2 rings (SSSR count). The lowest BCUT2D eigenvalue weighted by Crippen LogP contribution is -2.36. The molecule has 5 nitrogen and oxygen atoms in total. The van der Waals surface area contributed by atoms with Gasteiger partial charge >= 0.3 is 6.61 Å². The van der Waals surface area contributed by atoms with Crippen molar-refractivity contribution in [2.75, 3.05) is 7.05 Å². The first-order chi connectivity index (χ1) is 11.6. The van der Waals surface area contributed by atoms with E-state index in [1.807, 2.05) is 12.3 Å². The number of ether oxygens (including phenoxy) is 1. The van der Waals surface area contributed by atoms with Gasteiger partial charge in [0, 0.05) is 24.7 Å². The van der Waals surface area contributed by atoms with Crippen molar-refractivity contribution < 1.29 is 13.5 Å². The van der Waals surface area contributed by atoms with Gasteiger partial charge in [0.2, 0.25) is 0 Å². The summed E-state index contributed by atoms with van der Waals surface area (Å²) in [6, 6.07) is 6.57. The van der Waals surface area contributed by atoms with Crippen molar-refractivity contribution in [1.82, 2.24) is 15.6 Å². The molecule has 0 aliphatic carbocycles. The van der Waals surface area contributed by atoms with Gasteiger partial charge in [-0.05, 0) is 24.1 Å². The predicted molar refractivity (Wildman–Crippen MR) is 107 cm³/mol. The second kappa shape index (κ2) is 11.2. The van der Waals surface area contributed by atoms with E-state index in [4.69, 9.17) is 0 Å². The van der Waals surface area contributed by atoms with Crippen LogP contribution < -0.4 is 15.4 Å². The number of aromatic nitrogens is 1. The van der Waals surface area contributed by atoms with Gasteiger partial charge < -0.3 is 15.4 Å². The van der Waals surface area contributed by atoms with Crippen molar-refractivity contribution in [3.63, 3.8) is 0 Å². The zero-order chi connectivity index (χ0) is 17.4. The Morgan fingerprint density at radius 3 is 2.72 bits per heavy atom. The molecule has 2 aromatic rings. The van der Waals surface area contributed by atoms with Gasteiger partial charge in [-0.3, -0.25) is 4.99 Å². The SMILES string of the molecule is CCc1cnc(CNC(=NC)NCc2cccc(OC(F)F)c2)s1.I. The molecule has 0 saturated carbocycles. The molecule has 25 heavy (non-hydrogen) atoms. The van der Waals surface area contributed by atoms with Gasteiger partial charge in [0.1, 0.15) is 10.8 Å². The Morgan fingerprint density at radius 2 is 2.08 bits per heavy atom. The van der Waals surface area contributed by atoms with Crippen molar-refractivity contribution >= 4 is 41.3 Å². The lowest BCUT2D eigenvalue weighted by molar-refractivity contribution is -0.0498. The molecule has 138 valence electrons. The van der Waals surface area contributed by atoms with Gasteiger partial charge in [0.05, 0.1) is 6.54 Å². The molecule has 2 N–H and O–H groups in total. The molecule has 0 saturated heterocycles. The van der Waals surface area contributed by atoms with Crippen LogP contribution in [0.25, 0.3) is 0 Å². The normalized spacial score (nSPS) is 11.2. The zero-order valence-corrected chi connectivity index (χ0v) is 17.1. The van der Waals surface area contributed by atoms with E-state index in [1.165, 1.54) is 10.9 Å². The number of benzene rings is 1. The van der Waals surface area contributed by atoms with Crippen LogP contribution in [0.5, 0.6) is 5.75 Å². The van der Waals surface area contributed by atoms with Crippen LogP contribution in [-0.4, -0.2) is 24.6 Å². The van der Waals surface area contributed by atoms with Gasteiger partial charge in [-0.25, -0.2) is 4.98 Å². The minimum Gasteiger partial charge on any atom is -0.435 e. The second-order valence-electron chi connectivity index (χ2n) is 4.88. The van der Waals surface area contributed by atoms with Crippen LogP contribution in [0.1, 0.15) is 22.4 Å². The fourth-order valence-corrected chi connectivity index (χ4v) is 2.79. The summed E-state index contributed by atoms with van der Waals surface area (Å²) in [5, 5.41) is 7.29. The number of alkyl halides is 2. The third-order valence-corrected chi connectivity index (χ3v) is 4.31. The Hall–Kier alpha value is -1.49. The van der Waals surface area contributed by atoms with Crippen LogP contribution in [0.2, 0.25) is 0 Å². The Bertz CT molecular complexity index is 682. The van der Waals surface area contributed by atoms with E-state index in [-0.39, 0.29) is 29.7 Å². The molecular weight excluding hydrogens is 461 g/mol. The molecule has 0 amide bonds. The van der Waals surface area contributed by atoms with Gasteiger partial charge in [0.25, 0.3) is 0 Å². The molecule has 0 fully saturated rings. The van der Waals surface area contributed by atoms with E-state index < -0.39 is 6.61 Å². The lowest BCUT2D eigenvalue weighted by atomic mass is 10.2. The number of nitrogens with one attached hydrogen (secondary N) is 2. The van der Waals surface area contributed by atoms with Crippen molar-refractivity contribution in [2.45, 2.75) is 33.0 Å². The minimum absolute atomic E-state index is 0. The monoisotopic (exact) mass is 482 g/mol. The molecule has 1 aromatic heterocycles. The summed E-state index contributed by atoms with van der Waals surface area (Å²) in [5.74, 6) is 0.755. The average Bonchev–Trinajstić information content (AvgIpc) is 3.03. The van der Waals surface area contributed by atoms with Gasteiger partial charge in [0.15, 0.2) is 5.96 Å². The molecule has 0 radical (unpaired) electrons. The van der Waals surface area contributed by atoms with Crippen LogP contribution in [0, 0.1) is 0 Å². The number of rotatable bonds is 7. The number of hydrogen-bond acceptors (Lipinski definition) is 4. The highest BCUT2D eigenvalue weighted by Gasteiger charge is 2.06. The van der Waals surface area contributed by atoms with Crippen molar-refractivity contribution in [2.24, 2.45) is 4.99 Å². The summed E-state index contributed by atoms with van der Waals surface area (Å²) in [6.45, 7) is 0.294. The van der Waals surface area contributed by atoms with E-state index in [1.54, 1.807) is 30.5 Å². The molecule has 0 spiro atoms. The number of nitrogens with zero attached hydrogens (tertiary/aromatic N) is 2. The lowest BCUT2D eigenvalue weighted by Gasteiger charge is -2.12. The zero-order valence-electron chi connectivity index (χ0n) is 14.0. The van der Waals surface area contributed by atoms with Crippen molar-refractivity contribution in [3.05, 3.63) is 45.9 Å². The van der Waals surface area contributed by atoms with Crippen LogP contribution >= 0.6 is 35.3 Å². The number of halogens is 3. The maximum absolute atomic E-state index is 12.2. The fourth-order valence-electron chi connectivity index (χ4n) is 1.99. The maximum Gasteiger partial charge on any atom is 0.387 e. The van der Waals surface area contributed by atoms with Gasteiger partial charge in [-0.1, -0.05) is 19.1 Å². The third-order valence-electron chi connectivity index (χ3n) is 3.16. The molecule has 0 aliphatic heterocycles. The third kappa shape index (κ3) is 7.51. The Kier molecular flexibility index (Phi) is 9.65. The average molecular weight is 482 g/mol. The topological polar surface area (TPSA) is 58.5 Å². The molecule has 0 unspecified atom stereocenters. The maximum atomic E-state index is 12.2. The minimum atomic E-state index is -2.83. The second-order valence-corrected chi connectivity index (χ2v) is 6.08. The van der Waals surface area contributed by atoms with E-state index in [0.29, 0.717) is 19.0 Å². The highest BCUT2D eigenvalue weighted by Crippen LogP contribution is 2.16. The fraction of sp³-hybridized carbons (Fsp3) is 0.375. The Labute approximate surface area is 166 Å². The summed E-state index contributed by atoms with van der Waals surface area (Å²) in [7, 11) is 1.67. The number of aryl methyl sites for hydroxylation is 1. The van der Waals surface area contributed by atoms with E-state index in [9.17, 15) is 8.78 Å². The van der Waals surface area contributed by atoms with E-state index >= 15 is 0 Å². The summed E-state index contributed by atoms with van der Waals surface area (Å²) in [4.78, 5) is 9.71. The quantitative estimate of drug-likeness (QED) is 0.358. The number of aliphatic imine (C=N–C) groups is 1. The highest BCUT2D eigenvalue weighted by molar-refractivity contribution is 14.0. The number of thiazole rings is 1. The van der Waals surface area contributed by atoms with Crippen LogP contribution in [0.15, 0.2) is 35.5 Å². The Balaban J connectivity index is 0.00000312. The molecule has 1 aromatic carbocycles. The summed E-state index contributed by atoms with van der Waals surface area (Å²) in [5.41, 5.74) is 0.818. The highest BCUT2D eigenvalue weighted by atomic mass is 127. The van der Waals surface area contributed by atoms with E-state index in [2.05, 4.69) is 32.3 Å². The van der Waals surface area contributed by atoms with Crippen LogP contribution in [0.4, 0.5) is 8.78 Å². The summed E-state index contributed by atoms with van der Waals surface area (Å²) >= 11 is 1.66. The first-order valence-electron chi connectivity index (χ1n) is 7.52. The van der Waals surface area contributed by atoms with Crippen LogP contribution in [0.3, 0.4) is 0 Å². The first kappa shape index (κ1) is 21.6. The standard InChI is InChI=1S/C16H20F2N4OS.HI/c1-3-13-9-20-14(24-13)10-22-16(19-2)21-8-11-5-4-6-12(7-11)23-15(17)18;/h4-7,9,15H,3,8,10H2,1-2H3,(H2,19,21,22);1H. The van der Waals surface area contributed by atoms with Gasteiger partial charge in [-0.2, -0.15) is 8.78 Å². The number of hydrogen-bond donors (Lipinski definition) is 2. The molecule has 9 heteroatoms. The van der Waals surface area contributed by atoms with Crippen molar-refractivity contribution in [1.29, 1.82) is 0 Å². The van der Waals surface area contributed by atoms with Crippen molar-refractivity contribution in [3.8, 4) is 5.75 Å². The van der Waals surface area contributed by atoms with Gasteiger partial charge in [-0.15, -0.1) is 35.3 Å². The number of guanidine groups is 1. The van der Waals surface area contributed by atoms with Crippen LogP contribution in [-0.2, 0) is 19.5 Å². The molecule has 0 aliphatic rings. The summed E-state index contributed by atoms with van der Waals surface area (Å²) < 4.78 is 28.9. The largest absolute Gasteiger partial charge is 0.435 e. The predicted octanol–water partition coefficient (Wildman–Crippen LogP) is 3.79. The first-order valence-corrected chi connectivity index (χ1v) is 8.34. The molecular formula is C16H21F2IN4OS. The molecule has 0 atom stereocenters. The summed E-state index contributed by atoms with van der Waals surface area (Å²) in [6.07, 6.45) is 2.86. The smallest absolute Gasteiger partial charge is 0.387 e. The molecule has 1 heterocycles. The van der Waals surface area contributed by atoms with E-state index in [0.717, 1.165) is 17.0 Å². The Morgan fingerprint density at radius 1 is 1.32 bits per heavy atom. The molecule has 0 bridgehead atoms.